The minimum atomic E-state index is -1.18. The minimum absolute atomic E-state index is 0.0541. The largest absolute Gasteiger partial charge is 0.497 e. The van der Waals surface area contributed by atoms with Crippen LogP contribution < -0.4 is 15.4 Å². The van der Waals surface area contributed by atoms with Crippen molar-refractivity contribution in [3.63, 3.8) is 0 Å². The third-order valence-electron chi connectivity index (χ3n) is 7.71. The molecule has 0 unspecified atom stereocenters. The van der Waals surface area contributed by atoms with E-state index in [1.165, 1.54) is 14.2 Å². The van der Waals surface area contributed by atoms with Gasteiger partial charge in [-0.05, 0) is 60.0 Å². The number of hydrogen-bond donors (Lipinski definition) is 1. The van der Waals surface area contributed by atoms with Gasteiger partial charge < -0.3 is 19.9 Å². The average Bonchev–Trinajstić information content (AvgIpc) is 3.00. The molecule has 0 aromatic heterocycles. The highest BCUT2D eigenvalue weighted by Gasteiger charge is 2.51. The first kappa shape index (κ1) is 29.2. The fourth-order valence-electron chi connectivity index (χ4n) is 5.80. The second-order valence-corrected chi connectivity index (χ2v) is 10.8. The number of Topliss-reactive ketones (excluding diaryl/α,β-unsaturated/α-hetero) is 1. The van der Waals surface area contributed by atoms with Gasteiger partial charge in [-0.3, -0.25) is 14.5 Å². The Balaban J connectivity index is 1.81. The molecule has 3 atom stereocenters. The van der Waals surface area contributed by atoms with Crippen LogP contribution >= 0.6 is 23.2 Å². The highest BCUT2D eigenvalue weighted by molar-refractivity contribution is 6.31. The van der Waals surface area contributed by atoms with Crippen LogP contribution in [0.25, 0.3) is 0 Å². The van der Waals surface area contributed by atoms with Crippen molar-refractivity contribution < 1.29 is 28.6 Å². The summed E-state index contributed by atoms with van der Waals surface area (Å²) in [7, 11) is 4.05. The number of carbonyl (C=O) groups excluding carboxylic acids is 3. The first-order chi connectivity index (χ1) is 20.2. The molecule has 0 amide bonds. The Morgan fingerprint density at radius 3 is 2.14 bits per heavy atom. The molecule has 2 N–H and O–H groups in total. The van der Waals surface area contributed by atoms with Crippen LogP contribution in [0.15, 0.2) is 95.5 Å². The molecule has 42 heavy (non-hydrogen) atoms. The highest BCUT2D eigenvalue weighted by Crippen LogP contribution is 2.51. The average molecular weight is 607 g/mol. The summed E-state index contributed by atoms with van der Waals surface area (Å²) in [6.07, 6.45) is 0.221. The molecule has 0 radical (unpaired) electrons. The summed E-state index contributed by atoms with van der Waals surface area (Å²) in [5.41, 5.74) is 9.51. The lowest BCUT2D eigenvalue weighted by Gasteiger charge is -2.44. The molecular weight excluding hydrogens is 579 g/mol. The molecule has 3 aromatic carbocycles. The zero-order valence-corrected chi connectivity index (χ0v) is 24.6. The molecule has 10 heteroatoms. The second kappa shape index (κ2) is 11.9. The van der Waals surface area contributed by atoms with E-state index in [1.54, 1.807) is 72.7 Å². The summed E-state index contributed by atoms with van der Waals surface area (Å²) in [6.45, 7) is 0. The third kappa shape index (κ3) is 5.12. The second-order valence-electron chi connectivity index (χ2n) is 9.90. The van der Waals surface area contributed by atoms with Gasteiger partial charge in [0.05, 0.1) is 32.8 Å². The fraction of sp³-hybridized carbons (Fsp3) is 0.219. The van der Waals surface area contributed by atoms with E-state index in [4.69, 9.17) is 43.1 Å². The Morgan fingerprint density at radius 1 is 0.881 bits per heavy atom. The predicted octanol–water partition coefficient (Wildman–Crippen LogP) is 5.75. The molecule has 216 valence electrons. The molecule has 0 saturated carbocycles. The maximum Gasteiger partial charge on any atom is 0.338 e. The van der Waals surface area contributed by atoms with Crippen molar-refractivity contribution in [2.45, 2.75) is 18.3 Å². The van der Waals surface area contributed by atoms with Crippen LogP contribution in [0.5, 0.6) is 5.75 Å². The number of rotatable bonds is 6. The van der Waals surface area contributed by atoms with E-state index in [2.05, 4.69) is 0 Å². The molecule has 2 aliphatic rings. The Hall–Kier alpha value is -4.27. The van der Waals surface area contributed by atoms with Gasteiger partial charge in [0.2, 0.25) is 0 Å². The molecule has 1 aliphatic heterocycles. The summed E-state index contributed by atoms with van der Waals surface area (Å²) in [5.74, 6) is -3.89. The smallest absolute Gasteiger partial charge is 0.338 e. The maximum absolute atomic E-state index is 14.6. The third-order valence-corrected chi connectivity index (χ3v) is 8.20. The molecule has 0 bridgehead atoms. The van der Waals surface area contributed by atoms with E-state index in [0.29, 0.717) is 32.7 Å². The summed E-state index contributed by atoms with van der Waals surface area (Å²) >= 11 is 12.6. The topological polar surface area (TPSA) is 108 Å². The van der Waals surface area contributed by atoms with Gasteiger partial charge in [0.15, 0.2) is 5.78 Å². The molecule has 1 aliphatic carbocycles. The number of benzene rings is 3. The fourth-order valence-corrected chi connectivity index (χ4v) is 6.11. The number of ketones is 1. The van der Waals surface area contributed by atoms with Gasteiger partial charge in [0.25, 0.3) is 0 Å². The summed E-state index contributed by atoms with van der Waals surface area (Å²) in [4.78, 5) is 43.0. The van der Waals surface area contributed by atoms with Crippen LogP contribution in [0.2, 0.25) is 10.0 Å². The standard InChI is InChI=1S/C32H28Cl2N2O6/c1-40-22-13-9-17(10-14-22)23-16-24-27(29(37)26(23)31(38)41-2)25(18-7-11-19(33)12-8-18)28(32(39)42-3)30(35)36(24)21-6-4-5-20(34)15-21/h4-15,23,25-26H,16,35H2,1-3H3/t23-,25-,26+/m0/s1. The molecule has 8 nitrogen and oxygen atoms in total. The molecule has 0 fully saturated rings. The van der Waals surface area contributed by atoms with Crippen LogP contribution in [0.4, 0.5) is 5.69 Å². The number of halogens is 2. The van der Waals surface area contributed by atoms with E-state index < -0.39 is 35.5 Å². The van der Waals surface area contributed by atoms with Crippen molar-refractivity contribution in [2.24, 2.45) is 11.7 Å². The van der Waals surface area contributed by atoms with E-state index in [0.717, 1.165) is 5.56 Å². The number of anilines is 1. The van der Waals surface area contributed by atoms with Crippen molar-refractivity contribution in [3.05, 3.63) is 117 Å². The lowest BCUT2D eigenvalue weighted by molar-refractivity contribution is -0.150. The van der Waals surface area contributed by atoms with Crippen molar-refractivity contribution in [1.29, 1.82) is 0 Å². The van der Waals surface area contributed by atoms with Crippen molar-refractivity contribution in [1.82, 2.24) is 0 Å². The summed E-state index contributed by atoms with van der Waals surface area (Å²) < 4.78 is 15.6. The molecule has 3 aromatic rings. The number of nitrogens with zero attached hydrogens (tertiary/aromatic N) is 1. The van der Waals surface area contributed by atoms with Gasteiger partial charge in [-0.2, -0.15) is 0 Å². The van der Waals surface area contributed by atoms with Crippen LogP contribution in [-0.2, 0) is 23.9 Å². The molecule has 5 rings (SSSR count). The SMILES string of the molecule is COC(=O)C1=C(N)N(c2cccc(Cl)c2)C2=C(C(=O)[C@H](C(=O)OC)[C@H](c3ccc(OC)cc3)C2)[C@@H]1c1ccc(Cl)cc1. The first-order valence-electron chi connectivity index (χ1n) is 13.1. The highest BCUT2D eigenvalue weighted by atomic mass is 35.5. The zero-order chi connectivity index (χ0) is 30.1. The maximum atomic E-state index is 14.6. The Labute approximate surface area is 253 Å². The molecule has 0 spiro atoms. The van der Waals surface area contributed by atoms with Crippen LogP contribution in [0.1, 0.15) is 29.4 Å². The summed E-state index contributed by atoms with van der Waals surface area (Å²) in [5, 5.41) is 0.908. The molecule has 0 saturated heterocycles. The van der Waals surface area contributed by atoms with Gasteiger partial charge in [0, 0.05) is 32.9 Å². The van der Waals surface area contributed by atoms with E-state index in [1.807, 2.05) is 12.1 Å². The monoisotopic (exact) mass is 606 g/mol. The van der Waals surface area contributed by atoms with E-state index in [9.17, 15) is 14.4 Å². The van der Waals surface area contributed by atoms with Gasteiger partial charge in [0.1, 0.15) is 17.5 Å². The van der Waals surface area contributed by atoms with E-state index >= 15 is 0 Å². The normalized spacial score (nSPS) is 20.3. The van der Waals surface area contributed by atoms with Gasteiger partial charge >= 0.3 is 11.9 Å². The first-order valence-corrected chi connectivity index (χ1v) is 13.8. The number of nitrogens with two attached hydrogens (primary N) is 1. The van der Waals surface area contributed by atoms with Crippen LogP contribution in [0.3, 0.4) is 0 Å². The number of ether oxygens (including phenoxy) is 3. The van der Waals surface area contributed by atoms with E-state index in [-0.39, 0.29) is 23.4 Å². The van der Waals surface area contributed by atoms with Crippen molar-refractivity contribution in [2.75, 3.05) is 26.2 Å². The van der Waals surface area contributed by atoms with Gasteiger partial charge in [-0.25, -0.2) is 4.79 Å². The number of carbonyl (C=O) groups is 3. The Morgan fingerprint density at radius 2 is 1.55 bits per heavy atom. The van der Waals surface area contributed by atoms with Crippen LogP contribution in [0, 0.1) is 5.92 Å². The van der Waals surface area contributed by atoms with Crippen molar-refractivity contribution >= 4 is 46.6 Å². The number of methoxy groups -OCH3 is 3. The lowest BCUT2D eigenvalue weighted by Crippen LogP contribution is -2.46. The minimum Gasteiger partial charge on any atom is -0.497 e. The molecular formula is C32H28Cl2N2O6. The lowest BCUT2D eigenvalue weighted by atomic mass is 9.67. The molecule has 1 heterocycles. The van der Waals surface area contributed by atoms with Crippen LogP contribution in [-0.4, -0.2) is 39.1 Å². The Kier molecular flexibility index (Phi) is 8.29. The van der Waals surface area contributed by atoms with Gasteiger partial charge in [-0.1, -0.05) is 53.5 Å². The van der Waals surface area contributed by atoms with Crippen molar-refractivity contribution in [3.8, 4) is 5.75 Å². The quantitative estimate of drug-likeness (QED) is 0.279. The number of allylic oxidation sites excluding steroid dienone is 2. The predicted molar refractivity (Wildman–Crippen MR) is 159 cm³/mol. The number of esters is 2. The Bertz CT molecular complexity index is 1610. The summed E-state index contributed by atoms with van der Waals surface area (Å²) in [6, 6.07) is 20.9. The number of hydrogen-bond acceptors (Lipinski definition) is 8. The van der Waals surface area contributed by atoms with Gasteiger partial charge in [-0.15, -0.1) is 0 Å². The zero-order valence-electron chi connectivity index (χ0n) is 23.1.